The number of fused-ring (bicyclic) bond motifs is 4. The summed E-state index contributed by atoms with van der Waals surface area (Å²) in [5.41, 5.74) is 3.73. The third-order valence-corrected chi connectivity index (χ3v) is 7.38. The molecule has 0 unspecified atom stereocenters. The van der Waals surface area contributed by atoms with Gasteiger partial charge in [-0.2, -0.15) is 0 Å². The van der Waals surface area contributed by atoms with Crippen molar-refractivity contribution >= 4 is 11.8 Å². The maximum Gasteiger partial charge on any atom is 0.255 e. The maximum atomic E-state index is 13.6. The van der Waals surface area contributed by atoms with Gasteiger partial charge in [0.25, 0.3) is 5.91 Å². The summed E-state index contributed by atoms with van der Waals surface area (Å²) in [5.74, 6) is 0.705. The first-order chi connectivity index (χ1) is 15.6. The van der Waals surface area contributed by atoms with Gasteiger partial charge in [0.2, 0.25) is 5.91 Å². The van der Waals surface area contributed by atoms with Gasteiger partial charge in [-0.15, -0.1) is 0 Å². The van der Waals surface area contributed by atoms with Crippen LogP contribution in [0.15, 0.2) is 42.5 Å². The Morgan fingerprint density at radius 1 is 1.22 bits per heavy atom. The lowest BCUT2D eigenvalue weighted by atomic mass is 9.75. The van der Waals surface area contributed by atoms with Crippen molar-refractivity contribution in [3.8, 4) is 5.75 Å². The molecule has 5 rings (SSSR count). The fourth-order valence-electron chi connectivity index (χ4n) is 5.75. The van der Waals surface area contributed by atoms with Crippen LogP contribution < -0.4 is 15.4 Å². The summed E-state index contributed by atoms with van der Waals surface area (Å²) < 4.78 is 5.65. The van der Waals surface area contributed by atoms with E-state index >= 15 is 0 Å². The van der Waals surface area contributed by atoms with Crippen LogP contribution in [0.5, 0.6) is 5.75 Å². The summed E-state index contributed by atoms with van der Waals surface area (Å²) in [6.45, 7) is 3.66. The lowest BCUT2D eigenvalue weighted by molar-refractivity contribution is -0.145. The smallest absolute Gasteiger partial charge is 0.255 e. The van der Waals surface area contributed by atoms with Crippen molar-refractivity contribution in [1.82, 2.24) is 15.5 Å². The largest absolute Gasteiger partial charge is 0.496 e. The van der Waals surface area contributed by atoms with Crippen molar-refractivity contribution in [2.45, 2.75) is 50.7 Å². The number of rotatable bonds is 4. The molecule has 6 nitrogen and oxygen atoms in total. The standard InChI is InChI=1S/C26H31N3O3/c1-16(17-7-4-3-5-8-17)28-25(30)24-22(32-2)11-10-18-12-14-29-21(23(18)24)15-20-19(26(29)31)9-6-13-27-20/h3-5,7-8,10-11,16,19-21,27H,6,9,12-15H2,1-2H3,(H,28,30)/t16-,19+,20+,21-/m1/s1. The number of ether oxygens (including phenoxy) is 1. The second-order valence-electron chi connectivity index (χ2n) is 9.16. The Kier molecular flexibility index (Phi) is 5.64. The summed E-state index contributed by atoms with van der Waals surface area (Å²) in [5, 5.41) is 6.73. The molecule has 168 valence electrons. The summed E-state index contributed by atoms with van der Waals surface area (Å²) in [6, 6.07) is 13.8. The van der Waals surface area contributed by atoms with Crippen LogP contribution in [0, 0.1) is 5.92 Å². The van der Waals surface area contributed by atoms with Gasteiger partial charge in [0, 0.05) is 12.6 Å². The molecule has 32 heavy (non-hydrogen) atoms. The number of benzene rings is 2. The van der Waals surface area contributed by atoms with E-state index in [4.69, 9.17) is 4.74 Å². The number of carbonyl (C=O) groups is 2. The van der Waals surface area contributed by atoms with Crippen LogP contribution in [0.25, 0.3) is 0 Å². The highest BCUT2D eigenvalue weighted by Gasteiger charge is 2.46. The van der Waals surface area contributed by atoms with E-state index in [9.17, 15) is 9.59 Å². The van der Waals surface area contributed by atoms with Crippen LogP contribution in [0.4, 0.5) is 0 Å². The minimum atomic E-state index is -0.150. The number of amides is 2. The van der Waals surface area contributed by atoms with E-state index in [1.54, 1.807) is 7.11 Å². The first kappa shape index (κ1) is 21.0. The monoisotopic (exact) mass is 433 g/mol. The third kappa shape index (κ3) is 3.56. The number of methoxy groups -OCH3 is 1. The topological polar surface area (TPSA) is 70.7 Å². The van der Waals surface area contributed by atoms with Crippen molar-refractivity contribution in [1.29, 1.82) is 0 Å². The van der Waals surface area contributed by atoms with E-state index < -0.39 is 0 Å². The van der Waals surface area contributed by atoms with E-state index in [1.165, 1.54) is 0 Å². The average molecular weight is 434 g/mol. The van der Waals surface area contributed by atoms with Crippen molar-refractivity contribution in [2.75, 3.05) is 20.2 Å². The second-order valence-corrected chi connectivity index (χ2v) is 9.16. The minimum Gasteiger partial charge on any atom is -0.496 e. The highest BCUT2D eigenvalue weighted by molar-refractivity contribution is 5.99. The molecule has 2 saturated heterocycles. The Hall–Kier alpha value is -2.86. The molecule has 6 heteroatoms. The van der Waals surface area contributed by atoms with E-state index in [0.717, 1.165) is 48.9 Å². The van der Waals surface area contributed by atoms with E-state index in [1.807, 2.05) is 48.2 Å². The molecule has 0 bridgehead atoms. The normalized spacial score (nSPS) is 25.2. The molecule has 3 aliphatic heterocycles. The third-order valence-electron chi connectivity index (χ3n) is 7.38. The molecule has 0 aliphatic carbocycles. The molecule has 3 aliphatic rings. The Morgan fingerprint density at radius 3 is 2.81 bits per heavy atom. The van der Waals surface area contributed by atoms with Crippen LogP contribution >= 0.6 is 0 Å². The predicted octanol–water partition coefficient (Wildman–Crippen LogP) is 3.38. The maximum absolute atomic E-state index is 13.6. The quantitative estimate of drug-likeness (QED) is 0.776. The zero-order valence-corrected chi connectivity index (χ0v) is 18.8. The van der Waals surface area contributed by atoms with Gasteiger partial charge in [0.1, 0.15) is 5.75 Å². The van der Waals surface area contributed by atoms with Gasteiger partial charge in [-0.1, -0.05) is 36.4 Å². The van der Waals surface area contributed by atoms with Gasteiger partial charge < -0.3 is 20.3 Å². The molecule has 2 fully saturated rings. The number of hydrogen-bond donors (Lipinski definition) is 2. The molecule has 2 aromatic rings. The van der Waals surface area contributed by atoms with Crippen molar-refractivity contribution in [3.63, 3.8) is 0 Å². The van der Waals surface area contributed by atoms with Crippen molar-refractivity contribution < 1.29 is 14.3 Å². The molecule has 0 radical (unpaired) electrons. The molecular formula is C26H31N3O3. The lowest BCUT2D eigenvalue weighted by Gasteiger charge is -2.49. The first-order valence-corrected chi connectivity index (χ1v) is 11.7. The first-order valence-electron chi connectivity index (χ1n) is 11.7. The molecule has 4 atom stereocenters. The summed E-state index contributed by atoms with van der Waals surface area (Å²) in [4.78, 5) is 29.0. The van der Waals surface area contributed by atoms with Crippen LogP contribution in [-0.4, -0.2) is 43.0 Å². The lowest BCUT2D eigenvalue weighted by Crippen LogP contribution is -2.58. The van der Waals surface area contributed by atoms with E-state index in [-0.39, 0.29) is 35.9 Å². The number of nitrogens with one attached hydrogen (secondary N) is 2. The molecule has 3 heterocycles. The van der Waals surface area contributed by atoms with Crippen LogP contribution in [0.1, 0.15) is 65.3 Å². The number of carbonyl (C=O) groups excluding carboxylic acids is 2. The summed E-state index contributed by atoms with van der Waals surface area (Å²) >= 11 is 0. The van der Waals surface area contributed by atoms with Gasteiger partial charge in [0.05, 0.1) is 30.7 Å². The summed E-state index contributed by atoms with van der Waals surface area (Å²) in [6.07, 6.45) is 3.60. The number of piperidine rings is 2. The van der Waals surface area contributed by atoms with Crippen LogP contribution in [0.3, 0.4) is 0 Å². The predicted molar refractivity (Wildman–Crippen MR) is 123 cm³/mol. The molecule has 0 aromatic heterocycles. The number of nitrogens with zero attached hydrogens (tertiary/aromatic N) is 1. The zero-order valence-electron chi connectivity index (χ0n) is 18.8. The Balaban J connectivity index is 1.52. The van der Waals surface area contributed by atoms with E-state index in [0.29, 0.717) is 17.9 Å². The Morgan fingerprint density at radius 2 is 2.03 bits per heavy atom. The molecule has 0 saturated carbocycles. The highest BCUT2D eigenvalue weighted by atomic mass is 16.5. The minimum absolute atomic E-state index is 0.0579. The van der Waals surface area contributed by atoms with Crippen LogP contribution in [-0.2, 0) is 11.2 Å². The van der Waals surface area contributed by atoms with Gasteiger partial charge >= 0.3 is 0 Å². The van der Waals surface area contributed by atoms with Gasteiger partial charge in [-0.05, 0) is 61.9 Å². The fraction of sp³-hybridized carbons (Fsp3) is 0.462. The molecule has 2 N–H and O–H groups in total. The summed E-state index contributed by atoms with van der Waals surface area (Å²) in [7, 11) is 1.60. The van der Waals surface area contributed by atoms with Crippen molar-refractivity contribution in [2.24, 2.45) is 5.92 Å². The van der Waals surface area contributed by atoms with Crippen LogP contribution in [0.2, 0.25) is 0 Å². The van der Waals surface area contributed by atoms with Gasteiger partial charge in [0.15, 0.2) is 0 Å². The average Bonchev–Trinajstić information content (AvgIpc) is 2.83. The molecule has 2 aromatic carbocycles. The Labute approximate surface area is 189 Å². The highest BCUT2D eigenvalue weighted by Crippen LogP contribution is 2.44. The molecular weight excluding hydrogens is 402 g/mol. The molecule has 2 amide bonds. The van der Waals surface area contributed by atoms with Gasteiger partial charge in [-0.3, -0.25) is 9.59 Å². The zero-order chi connectivity index (χ0) is 22.2. The van der Waals surface area contributed by atoms with Crippen molar-refractivity contribution in [3.05, 3.63) is 64.7 Å². The number of hydrogen-bond acceptors (Lipinski definition) is 4. The SMILES string of the molecule is COc1ccc2c(c1C(=O)N[C@H](C)c1ccccc1)[C@H]1C[C@@H]3NCCC[C@@H]3C(=O)N1CC2. The second kappa shape index (κ2) is 8.58. The fourth-order valence-corrected chi connectivity index (χ4v) is 5.75. The molecule has 0 spiro atoms. The van der Waals surface area contributed by atoms with E-state index in [2.05, 4.69) is 16.7 Å². The Bertz CT molecular complexity index is 1020. The van der Waals surface area contributed by atoms with Gasteiger partial charge in [-0.25, -0.2) is 0 Å².